The maximum Gasteiger partial charge on any atom is 0.268 e. The van der Waals surface area contributed by atoms with Crippen molar-refractivity contribution in [2.24, 2.45) is 0 Å². The molecule has 138 valence electrons. The lowest BCUT2D eigenvalue weighted by Gasteiger charge is -2.18. The molecular formula is C21H15ClN4OS. The third-order valence-corrected chi connectivity index (χ3v) is 5.84. The van der Waals surface area contributed by atoms with Gasteiger partial charge < -0.3 is 4.90 Å². The molecule has 0 saturated carbocycles. The smallest absolute Gasteiger partial charge is 0.268 e. The number of carbonyl (C=O) groups excluding carboxylic acids is 1. The van der Waals surface area contributed by atoms with Crippen LogP contribution in [0.1, 0.15) is 20.9 Å². The van der Waals surface area contributed by atoms with Crippen LogP contribution in [-0.4, -0.2) is 22.7 Å². The van der Waals surface area contributed by atoms with Crippen molar-refractivity contribution in [1.82, 2.24) is 9.78 Å². The second-order valence-corrected chi connectivity index (χ2v) is 7.77. The predicted molar refractivity (Wildman–Crippen MR) is 113 cm³/mol. The van der Waals surface area contributed by atoms with E-state index in [1.807, 2.05) is 48.0 Å². The zero-order valence-corrected chi connectivity index (χ0v) is 16.8. The van der Waals surface area contributed by atoms with Gasteiger partial charge in [0, 0.05) is 17.5 Å². The van der Waals surface area contributed by atoms with Crippen LogP contribution in [0.5, 0.6) is 0 Å². The van der Waals surface area contributed by atoms with Crippen molar-refractivity contribution in [2.45, 2.75) is 6.92 Å². The largest absolute Gasteiger partial charge is 0.309 e. The van der Waals surface area contributed by atoms with Gasteiger partial charge >= 0.3 is 0 Å². The average molecular weight is 407 g/mol. The summed E-state index contributed by atoms with van der Waals surface area (Å²) in [6, 6.07) is 18.7. The zero-order valence-electron chi connectivity index (χ0n) is 15.2. The molecule has 0 spiro atoms. The van der Waals surface area contributed by atoms with Crippen LogP contribution in [0.2, 0.25) is 5.02 Å². The number of hydrogen-bond acceptors (Lipinski definition) is 4. The Hall–Kier alpha value is -3.14. The first-order valence-electron chi connectivity index (χ1n) is 8.52. The number of aryl methyl sites for hydroxylation is 1. The van der Waals surface area contributed by atoms with Crippen LogP contribution in [0.4, 0.5) is 5.69 Å². The van der Waals surface area contributed by atoms with E-state index in [1.54, 1.807) is 25.2 Å². The van der Waals surface area contributed by atoms with E-state index in [0.29, 0.717) is 21.2 Å². The summed E-state index contributed by atoms with van der Waals surface area (Å²) in [5, 5.41) is 15.4. The summed E-state index contributed by atoms with van der Waals surface area (Å²) in [5.41, 5.74) is 2.68. The maximum atomic E-state index is 13.1. The Morgan fingerprint density at radius 1 is 1.21 bits per heavy atom. The highest BCUT2D eigenvalue weighted by Crippen LogP contribution is 2.32. The summed E-state index contributed by atoms with van der Waals surface area (Å²) in [6.07, 6.45) is 0. The highest BCUT2D eigenvalue weighted by atomic mass is 35.5. The molecule has 0 saturated heterocycles. The molecule has 7 heteroatoms. The van der Waals surface area contributed by atoms with Gasteiger partial charge in [-0.2, -0.15) is 10.4 Å². The van der Waals surface area contributed by atoms with E-state index in [9.17, 15) is 10.1 Å². The molecule has 0 atom stereocenters. The number of carbonyl (C=O) groups is 1. The normalized spacial score (nSPS) is 10.8. The quantitative estimate of drug-likeness (QED) is 0.470. The lowest BCUT2D eigenvalue weighted by Crippen LogP contribution is -2.26. The van der Waals surface area contributed by atoms with Crippen LogP contribution < -0.4 is 4.90 Å². The lowest BCUT2D eigenvalue weighted by molar-refractivity contribution is 0.0997. The van der Waals surface area contributed by atoms with Crippen LogP contribution in [0.15, 0.2) is 54.6 Å². The molecule has 0 aliphatic heterocycles. The summed E-state index contributed by atoms with van der Waals surface area (Å²) in [5.74, 6) is -0.195. The van der Waals surface area contributed by atoms with Crippen LogP contribution in [0.25, 0.3) is 15.9 Å². The minimum atomic E-state index is -0.195. The molecule has 5 nitrogen and oxygen atoms in total. The number of hydrogen-bond donors (Lipinski definition) is 0. The molecule has 0 radical (unpaired) electrons. The first-order valence-corrected chi connectivity index (χ1v) is 9.71. The zero-order chi connectivity index (χ0) is 19.8. The third-order valence-electron chi connectivity index (χ3n) is 4.50. The minimum Gasteiger partial charge on any atom is -0.309 e. The van der Waals surface area contributed by atoms with Gasteiger partial charge in [0.2, 0.25) is 0 Å². The number of amides is 1. The van der Waals surface area contributed by atoms with E-state index in [2.05, 4.69) is 11.2 Å². The van der Waals surface area contributed by atoms with E-state index in [0.717, 1.165) is 21.6 Å². The van der Waals surface area contributed by atoms with Crippen molar-refractivity contribution >= 4 is 44.7 Å². The fraction of sp³-hybridized carbons (Fsp3) is 0.0952. The molecule has 0 fully saturated rings. The summed E-state index contributed by atoms with van der Waals surface area (Å²) in [6.45, 7) is 1.93. The van der Waals surface area contributed by atoms with E-state index in [-0.39, 0.29) is 5.91 Å². The molecule has 28 heavy (non-hydrogen) atoms. The Morgan fingerprint density at radius 3 is 2.68 bits per heavy atom. The number of halogens is 1. The molecule has 4 aromatic rings. The van der Waals surface area contributed by atoms with Crippen molar-refractivity contribution in [3.8, 4) is 11.8 Å². The van der Waals surface area contributed by atoms with Gasteiger partial charge in [-0.3, -0.25) is 4.79 Å². The van der Waals surface area contributed by atoms with Crippen LogP contribution >= 0.6 is 22.9 Å². The summed E-state index contributed by atoms with van der Waals surface area (Å²) < 4.78 is 1.85. The number of anilines is 1. The molecular weight excluding hydrogens is 392 g/mol. The number of fused-ring (bicyclic) bond motifs is 1. The fourth-order valence-electron chi connectivity index (χ4n) is 3.05. The van der Waals surface area contributed by atoms with Crippen molar-refractivity contribution in [2.75, 3.05) is 11.9 Å². The van der Waals surface area contributed by atoms with Crippen molar-refractivity contribution in [1.29, 1.82) is 5.26 Å². The van der Waals surface area contributed by atoms with Gasteiger partial charge in [-0.15, -0.1) is 11.3 Å². The fourth-order valence-corrected chi connectivity index (χ4v) is 4.37. The molecule has 2 aromatic heterocycles. The van der Waals surface area contributed by atoms with E-state index < -0.39 is 0 Å². The molecule has 0 N–H and O–H groups in total. The molecule has 2 aromatic carbocycles. The van der Waals surface area contributed by atoms with Gasteiger partial charge in [-0.1, -0.05) is 29.8 Å². The Kier molecular flexibility index (Phi) is 4.63. The number of benzene rings is 2. The number of para-hydroxylation sites is 1. The Balaban J connectivity index is 1.77. The second kappa shape index (κ2) is 7.12. The topological polar surface area (TPSA) is 61.9 Å². The summed E-state index contributed by atoms with van der Waals surface area (Å²) >= 11 is 7.45. The van der Waals surface area contributed by atoms with Crippen LogP contribution in [0, 0.1) is 18.3 Å². The van der Waals surface area contributed by atoms with Gasteiger partial charge in [0.15, 0.2) is 0 Å². The molecule has 2 heterocycles. The van der Waals surface area contributed by atoms with E-state index in [1.165, 1.54) is 16.2 Å². The Morgan fingerprint density at radius 2 is 1.96 bits per heavy atom. The molecule has 0 aliphatic rings. The van der Waals surface area contributed by atoms with E-state index in [4.69, 9.17) is 11.6 Å². The number of nitrogens with zero attached hydrogens (tertiary/aromatic N) is 4. The van der Waals surface area contributed by atoms with Crippen molar-refractivity contribution in [3.05, 3.63) is 75.8 Å². The minimum absolute atomic E-state index is 0.195. The first kappa shape index (κ1) is 18.2. The van der Waals surface area contributed by atoms with Gasteiger partial charge in [0.25, 0.3) is 5.91 Å². The number of thiophene rings is 1. The summed E-state index contributed by atoms with van der Waals surface area (Å²) in [4.78, 5) is 16.1. The summed E-state index contributed by atoms with van der Waals surface area (Å²) in [7, 11) is 1.65. The van der Waals surface area contributed by atoms with Crippen LogP contribution in [-0.2, 0) is 0 Å². The van der Waals surface area contributed by atoms with Crippen molar-refractivity contribution in [3.63, 3.8) is 0 Å². The molecule has 0 aliphatic carbocycles. The lowest BCUT2D eigenvalue weighted by atomic mass is 10.1. The predicted octanol–water partition coefficient (Wildman–Crippen LogP) is 5.20. The van der Waals surface area contributed by atoms with Gasteiger partial charge in [-0.05, 0) is 43.3 Å². The standard InChI is InChI=1S/C21H15ClN4OS/c1-13-17-11-19(28-21(17)26(24-13)16-6-4-3-5-7-16)20(27)25(2)18-10-15(22)9-8-14(18)12-23/h3-11H,1-2H3. The monoisotopic (exact) mass is 406 g/mol. The molecule has 1 amide bonds. The SMILES string of the molecule is Cc1nn(-c2ccccc2)c2sc(C(=O)N(C)c3cc(Cl)ccc3C#N)cc12. The number of aromatic nitrogens is 2. The highest BCUT2D eigenvalue weighted by molar-refractivity contribution is 7.20. The maximum absolute atomic E-state index is 13.1. The highest BCUT2D eigenvalue weighted by Gasteiger charge is 2.22. The Labute approximate surface area is 171 Å². The Bertz CT molecular complexity index is 1240. The van der Waals surface area contributed by atoms with Crippen LogP contribution in [0.3, 0.4) is 0 Å². The molecule has 0 unspecified atom stereocenters. The van der Waals surface area contributed by atoms with E-state index >= 15 is 0 Å². The second-order valence-electron chi connectivity index (χ2n) is 6.30. The number of nitriles is 1. The van der Waals surface area contributed by atoms with Gasteiger partial charge in [0.1, 0.15) is 10.9 Å². The van der Waals surface area contributed by atoms with Gasteiger partial charge in [-0.25, -0.2) is 4.68 Å². The molecule has 0 bridgehead atoms. The first-order chi connectivity index (χ1) is 13.5. The van der Waals surface area contributed by atoms with Gasteiger partial charge in [0.05, 0.1) is 27.5 Å². The number of rotatable bonds is 3. The third kappa shape index (κ3) is 3.05. The van der Waals surface area contributed by atoms with Crippen molar-refractivity contribution < 1.29 is 4.79 Å². The average Bonchev–Trinajstić information content (AvgIpc) is 3.28. The molecule has 4 rings (SSSR count).